The third-order valence-electron chi connectivity index (χ3n) is 14.3. The second-order valence-electron chi connectivity index (χ2n) is 17.0. The molecule has 0 bridgehead atoms. The van der Waals surface area contributed by atoms with Gasteiger partial charge in [-0.15, -0.1) is 0 Å². The van der Waals surface area contributed by atoms with E-state index in [1.807, 2.05) is 0 Å². The lowest BCUT2D eigenvalue weighted by atomic mass is 9.31. The second-order valence-corrected chi connectivity index (χ2v) is 17.0. The number of fused-ring (bicyclic) bond motifs is 23. The van der Waals surface area contributed by atoms with E-state index in [2.05, 4.69) is 193 Å². The molecule has 0 saturated heterocycles. The van der Waals surface area contributed by atoms with Gasteiger partial charge >= 0.3 is 0 Å². The average Bonchev–Trinajstić information content (AvgIpc) is 3.88. The zero-order chi connectivity index (χ0) is 38.8. The molecule has 1 aromatic heterocycles. The predicted octanol–water partition coefficient (Wildman–Crippen LogP) is 10.5. The van der Waals surface area contributed by atoms with E-state index in [4.69, 9.17) is 4.42 Å². The summed E-state index contributed by atoms with van der Waals surface area (Å²) in [6.07, 6.45) is 0. The fourth-order valence-corrected chi connectivity index (χ4v) is 12.1. The Hall–Kier alpha value is -7.55. The molecule has 15 rings (SSSR count). The third kappa shape index (κ3) is 3.71. The first-order valence-corrected chi connectivity index (χ1v) is 21.1. The van der Waals surface area contributed by atoms with Gasteiger partial charge in [-0.1, -0.05) is 187 Å². The summed E-state index contributed by atoms with van der Waals surface area (Å²) in [6.45, 7) is 0.0397. The molecule has 0 saturated carbocycles. The van der Waals surface area contributed by atoms with Crippen LogP contribution in [0.2, 0.25) is 0 Å². The lowest BCUT2D eigenvalue weighted by Gasteiger charge is -2.41. The van der Waals surface area contributed by atoms with Crippen LogP contribution in [0.5, 0.6) is 0 Å². The molecule has 4 heterocycles. The fourth-order valence-electron chi connectivity index (χ4n) is 12.1. The molecule has 0 fully saturated rings. The van der Waals surface area contributed by atoms with Crippen LogP contribution in [-0.4, -0.2) is 13.4 Å². The van der Waals surface area contributed by atoms with Crippen molar-refractivity contribution >= 4 is 139 Å². The van der Waals surface area contributed by atoms with Crippen LogP contribution in [0.1, 0.15) is 0 Å². The highest BCUT2D eigenvalue weighted by Gasteiger charge is 2.50. The second kappa shape index (κ2) is 11.1. The molecule has 3 aliphatic heterocycles. The first-order valence-electron chi connectivity index (χ1n) is 21.1. The number of benzene rings is 11. The molecule has 2 nitrogen and oxygen atoms in total. The van der Waals surface area contributed by atoms with Crippen LogP contribution < -0.4 is 37.7 Å². The van der Waals surface area contributed by atoms with E-state index in [1.165, 1.54) is 125 Å². The third-order valence-corrected chi connectivity index (χ3v) is 14.3. The monoisotopic (exact) mass is 755 g/mol. The lowest BCUT2D eigenvalue weighted by Crippen LogP contribution is -2.63. The molecule has 0 atom stereocenters. The van der Waals surface area contributed by atoms with Crippen molar-refractivity contribution in [2.45, 2.75) is 0 Å². The van der Waals surface area contributed by atoms with Crippen LogP contribution in [0.15, 0.2) is 192 Å². The van der Waals surface area contributed by atoms with E-state index < -0.39 is 0 Å². The minimum atomic E-state index is 0.00934. The van der Waals surface area contributed by atoms with Gasteiger partial charge in [0.2, 0.25) is 12.6 Å². The minimum Gasteiger partial charge on any atom is -0.440 e. The maximum Gasteiger partial charge on any atom is 0.251 e. The Morgan fingerprint density at radius 2 is 0.850 bits per heavy atom. The Bertz CT molecular complexity index is 3890. The smallest absolute Gasteiger partial charge is 0.251 e. The van der Waals surface area contributed by atoms with Crippen LogP contribution in [0.3, 0.4) is 0 Å². The van der Waals surface area contributed by atoms with Gasteiger partial charge in [-0.25, -0.2) is 0 Å². The number of hydrogen-bond acceptors (Lipinski definition) is 2. The Morgan fingerprint density at radius 3 is 1.50 bits per heavy atom. The van der Waals surface area contributed by atoms with Gasteiger partial charge in [0, 0.05) is 22.2 Å². The highest BCUT2D eigenvalue weighted by atomic mass is 16.4. The molecule has 0 N–H and O–H groups in total. The maximum absolute atomic E-state index is 7.19. The van der Waals surface area contributed by atoms with Crippen molar-refractivity contribution < 1.29 is 4.42 Å². The molecular formula is C56H31B2NO. The van der Waals surface area contributed by atoms with Crippen molar-refractivity contribution in [2.24, 2.45) is 0 Å². The van der Waals surface area contributed by atoms with Gasteiger partial charge in [0.1, 0.15) is 5.58 Å². The zero-order valence-electron chi connectivity index (χ0n) is 32.4. The van der Waals surface area contributed by atoms with Crippen molar-refractivity contribution in [1.29, 1.82) is 0 Å². The molecule has 3 aliphatic rings. The molecule has 0 unspecified atom stereocenters. The molecule has 0 radical (unpaired) electrons. The van der Waals surface area contributed by atoms with E-state index in [1.54, 1.807) is 0 Å². The summed E-state index contributed by atoms with van der Waals surface area (Å²) in [4.78, 5) is 2.53. The Labute approximate surface area is 346 Å². The molecule has 4 heteroatoms. The summed E-state index contributed by atoms with van der Waals surface area (Å²) >= 11 is 0. The quantitative estimate of drug-likeness (QED) is 0.123. The summed E-state index contributed by atoms with van der Waals surface area (Å²) in [5.41, 5.74) is 14.0. The van der Waals surface area contributed by atoms with Gasteiger partial charge in [-0.2, -0.15) is 0 Å². The predicted molar refractivity (Wildman–Crippen MR) is 257 cm³/mol. The highest BCUT2D eigenvalue weighted by molar-refractivity contribution is 7.05. The van der Waals surface area contributed by atoms with Crippen molar-refractivity contribution in [3.63, 3.8) is 0 Å². The number of para-hydroxylation sites is 2. The van der Waals surface area contributed by atoms with Crippen molar-refractivity contribution in [2.75, 3.05) is 4.90 Å². The van der Waals surface area contributed by atoms with E-state index in [0.29, 0.717) is 0 Å². The average molecular weight is 755 g/mol. The first kappa shape index (κ1) is 31.4. The lowest BCUT2D eigenvalue weighted by molar-refractivity contribution is 0.623. The molecular weight excluding hydrogens is 724 g/mol. The summed E-state index contributed by atoms with van der Waals surface area (Å²) in [7, 11) is 0. The van der Waals surface area contributed by atoms with Crippen LogP contribution in [0.25, 0.3) is 86.7 Å². The fraction of sp³-hybridized carbons (Fsp3) is 0. The Morgan fingerprint density at radius 1 is 0.350 bits per heavy atom. The van der Waals surface area contributed by atoms with E-state index in [0.717, 1.165) is 11.5 Å². The minimum absolute atomic E-state index is 0.00934. The van der Waals surface area contributed by atoms with Crippen LogP contribution >= 0.6 is 0 Å². The van der Waals surface area contributed by atoms with Crippen molar-refractivity contribution in [1.82, 2.24) is 0 Å². The summed E-state index contributed by atoms with van der Waals surface area (Å²) < 4.78 is 7.19. The SMILES string of the molecule is c1ccc(B2c3cccc4c3N(c3cc5c6ccccc6c6ccccc6c5c5c3B4c3ccc4c6ccccc6c6ccccc6c4c3-5)c3oc4ccccc4c32)cc1. The highest BCUT2D eigenvalue weighted by Crippen LogP contribution is 2.51. The molecule has 0 amide bonds. The number of rotatable bonds is 1. The van der Waals surface area contributed by atoms with Gasteiger partial charge in [0.25, 0.3) is 6.71 Å². The zero-order valence-corrected chi connectivity index (χ0v) is 32.4. The van der Waals surface area contributed by atoms with Crippen molar-refractivity contribution in [3.8, 4) is 11.1 Å². The summed E-state index contributed by atoms with van der Waals surface area (Å²) in [5, 5.41) is 16.7. The normalized spacial score (nSPS) is 13.6. The largest absolute Gasteiger partial charge is 0.440 e. The number of hydrogen-bond donors (Lipinski definition) is 0. The summed E-state index contributed by atoms with van der Waals surface area (Å²) in [6, 6.07) is 70.4. The molecule has 11 aromatic carbocycles. The first-order chi connectivity index (χ1) is 29.8. The Kier molecular flexibility index (Phi) is 5.83. The van der Waals surface area contributed by atoms with Crippen LogP contribution in [-0.2, 0) is 0 Å². The molecule has 272 valence electrons. The number of nitrogens with zero attached hydrogens (tertiary/aromatic N) is 1. The topological polar surface area (TPSA) is 16.4 Å². The molecule has 0 spiro atoms. The van der Waals surface area contributed by atoms with Crippen LogP contribution in [0.4, 0.5) is 17.3 Å². The van der Waals surface area contributed by atoms with Gasteiger partial charge in [0.15, 0.2) is 0 Å². The van der Waals surface area contributed by atoms with Gasteiger partial charge in [0.05, 0.1) is 0 Å². The Balaban J connectivity index is 1.20. The van der Waals surface area contributed by atoms with E-state index in [-0.39, 0.29) is 13.4 Å². The molecule has 0 aliphatic carbocycles. The molecule has 12 aromatic rings. The molecule has 60 heavy (non-hydrogen) atoms. The van der Waals surface area contributed by atoms with Gasteiger partial charge in [-0.3, -0.25) is 4.90 Å². The van der Waals surface area contributed by atoms with Gasteiger partial charge in [-0.05, 0) is 104 Å². The standard InChI is InChI=1S/C56H31B2NO/c1-2-15-32(16-3-1)57-45-26-14-27-46-55(45)59(56-53(57)42-25-12-13-28-48(42)60-56)47-31-43-38-22-7-5-18-34(38)36-20-9-11-24-40(36)50(43)52-51-44(58(46)54(47)52)30-29-41-37-21-6-4-17-33(37)35-19-8-10-23-39(35)49(41)51/h1-31H. The van der Waals surface area contributed by atoms with E-state index in [9.17, 15) is 0 Å². The van der Waals surface area contributed by atoms with E-state index >= 15 is 0 Å². The van der Waals surface area contributed by atoms with Crippen molar-refractivity contribution in [3.05, 3.63) is 188 Å². The number of anilines is 3. The van der Waals surface area contributed by atoms with Crippen LogP contribution in [0, 0.1) is 0 Å². The summed E-state index contributed by atoms with van der Waals surface area (Å²) in [5.74, 6) is 0.923. The van der Waals surface area contributed by atoms with Gasteiger partial charge < -0.3 is 4.42 Å². The maximum atomic E-state index is 7.19. The number of furan rings is 1.